The van der Waals surface area contributed by atoms with Crippen molar-refractivity contribution in [3.05, 3.63) is 48.0 Å². The van der Waals surface area contributed by atoms with E-state index in [-0.39, 0.29) is 22.9 Å². The number of para-hydroxylation sites is 2. The number of anilines is 2. The number of amides is 1. The fourth-order valence-electron chi connectivity index (χ4n) is 2.92. The zero-order valence-electron chi connectivity index (χ0n) is 14.1. The van der Waals surface area contributed by atoms with E-state index in [4.69, 9.17) is 5.14 Å². The van der Waals surface area contributed by atoms with Crippen LogP contribution in [0.4, 0.5) is 20.2 Å². The molecule has 1 amide bonds. The van der Waals surface area contributed by atoms with Crippen molar-refractivity contribution in [2.45, 2.75) is 17.9 Å². The molecular weight excluding hydrogens is 380 g/mol. The Labute approximate surface area is 154 Å². The molecule has 1 heterocycles. The van der Waals surface area contributed by atoms with Crippen molar-refractivity contribution in [2.75, 3.05) is 23.3 Å². The van der Waals surface area contributed by atoms with Crippen LogP contribution in [0.2, 0.25) is 0 Å². The molecule has 2 aromatic rings. The molecular formula is C17H17F2N3O4S. The molecule has 27 heavy (non-hydrogen) atoms. The largest absolute Gasteiger partial charge is 0.433 e. The Kier molecular flexibility index (Phi) is 5.29. The summed E-state index contributed by atoms with van der Waals surface area (Å²) in [7, 11) is -3.79. The second-order valence-electron chi connectivity index (χ2n) is 5.93. The Balaban J connectivity index is 1.71. The molecule has 0 aliphatic carbocycles. The number of carbonyl (C=O) groups excluding carboxylic acids is 1. The quantitative estimate of drug-likeness (QED) is 0.776. The first-order valence-corrected chi connectivity index (χ1v) is 9.53. The lowest BCUT2D eigenvalue weighted by Gasteiger charge is -2.19. The number of nitrogens with two attached hydrogens (primary N) is 1. The zero-order valence-corrected chi connectivity index (χ0v) is 14.9. The van der Waals surface area contributed by atoms with Crippen LogP contribution in [0.5, 0.6) is 5.75 Å². The van der Waals surface area contributed by atoms with E-state index in [0.29, 0.717) is 13.0 Å². The first kappa shape index (κ1) is 19.1. The average molecular weight is 397 g/mol. The number of rotatable bonds is 6. The third kappa shape index (κ3) is 4.52. The van der Waals surface area contributed by atoms with Crippen LogP contribution in [0, 0.1) is 0 Å². The van der Waals surface area contributed by atoms with Gasteiger partial charge in [0.2, 0.25) is 15.9 Å². The molecule has 3 rings (SSSR count). The Morgan fingerprint density at radius 1 is 1.26 bits per heavy atom. The molecule has 0 atom stereocenters. The van der Waals surface area contributed by atoms with E-state index < -0.39 is 22.5 Å². The number of fused-ring (bicyclic) bond motifs is 1. The minimum absolute atomic E-state index is 0.0191. The van der Waals surface area contributed by atoms with Gasteiger partial charge in [0.25, 0.3) is 0 Å². The number of ether oxygens (including phenoxy) is 1. The summed E-state index contributed by atoms with van der Waals surface area (Å²) in [5, 5.41) is 7.68. The number of sulfonamides is 1. The lowest BCUT2D eigenvalue weighted by molar-refractivity contribution is -0.115. The van der Waals surface area contributed by atoms with Gasteiger partial charge in [0, 0.05) is 12.2 Å². The molecule has 2 aromatic carbocycles. The van der Waals surface area contributed by atoms with Crippen LogP contribution >= 0.6 is 0 Å². The fourth-order valence-corrected chi connectivity index (χ4v) is 3.48. The van der Waals surface area contributed by atoms with Crippen molar-refractivity contribution in [2.24, 2.45) is 5.14 Å². The van der Waals surface area contributed by atoms with Gasteiger partial charge in [-0.05, 0) is 42.3 Å². The predicted molar refractivity (Wildman–Crippen MR) is 95.4 cm³/mol. The predicted octanol–water partition coefficient (Wildman–Crippen LogP) is 1.94. The first-order valence-electron chi connectivity index (χ1n) is 7.98. The number of carbonyl (C=O) groups is 1. The number of alkyl halides is 2. The van der Waals surface area contributed by atoms with Crippen LogP contribution in [-0.2, 0) is 21.2 Å². The van der Waals surface area contributed by atoms with E-state index in [1.807, 2.05) is 0 Å². The van der Waals surface area contributed by atoms with Crippen molar-refractivity contribution in [3.63, 3.8) is 0 Å². The van der Waals surface area contributed by atoms with Crippen molar-refractivity contribution in [3.8, 4) is 5.75 Å². The van der Waals surface area contributed by atoms with E-state index in [1.54, 1.807) is 17.0 Å². The number of halogens is 2. The number of nitrogens with one attached hydrogen (secondary N) is 1. The van der Waals surface area contributed by atoms with Crippen LogP contribution in [0.1, 0.15) is 5.56 Å². The maximum atomic E-state index is 12.5. The van der Waals surface area contributed by atoms with Gasteiger partial charge in [0.1, 0.15) is 5.75 Å². The van der Waals surface area contributed by atoms with Gasteiger partial charge in [0.05, 0.1) is 17.1 Å². The van der Waals surface area contributed by atoms with Gasteiger partial charge >= 0.3 is 6.61 Å². The summed E-state index contributed by atoms with van der Waals surface area (Å²) >= 11 is 0. The third-order valence-electron chi connectivity index (χ3n) is 4.08. The molecule has 1 aliphatic rings. The molecule has 0 bridgehead atoms. The van der Waals surface area contributed by atoms with Gasteiger partial charge in [-0.2, -0.15) is 8.78 Å². The summed E-state index contributed by atoms with van der Waals surface area (Å²) in [5.41, 5.74) is 1.65. The number of primary sulfonamides is 1. The molecule has 10 heteroatoms. The number of nitrogens with zero attached hydrogens (tertiary/aromatic N) is 1. The molecule has 0 spiro atoms. The summed E-state index contributed by atoms with van der Waals surface area (Å²) in [5.74, 6) is -0.538. The van der Waals surface area contributed by atoms with Crippen LogP contribution in [0.15, 0.2) is 47.4 Å². The lowest BCUT2D eigenvalue weighted by atomic mass is 10.2. The summed E-state index contributed by atoms with van der Waals surface area (Å²) in [6.45, 7) is -2.50. The smallest absolute Gasteiger partial charge is 0.387 e. The van der Waals surface area contributed by atoms with Gasteiger partial charge in [-0.1, -0.05) is 12.1 Å². The molecule has 3 N–H and O–H groups in total. The van der Waals surface area contributed by atoms with E-state index in [1.165, 1.54) is 30.3 Å². The average Bonchev–Trinajstić information content (AvgIpc) is 2.97. The molecule has 7 nitrogen and oxygen atoms in total. The highest BCUT2D eigenvalue weighted by atomic mass is 32.2. The van der Waals surface area contributed by atoms with Crippen LogP contribution < -0.4 is 20.1 Å². The third-order valence-corrected chi connectivity index (χ3v) is 4.99. The van der Waals surface area contributed by atoms with Gasteiger partial charge in [0.15, 0.2) is 0 Å². The van der Waals surface area contributed by atoms with Gasteiger partial charge in [-0.25, -0.2) is 13.6 Å². The van der Waals surface area contributed by atoms with E-state index in [2.05, 4.69) is 10.1 Å². The van der Waals surface area contributed by atoms with E-state index in [9.17, 15) is 22.0 Å². The number of benzene rings is 2. The van der Waals surface area contributed by atoms with Gasteiger partial charge in [-0.3, -0.25) is 4.79 Å². The lowest BCUT2D eigenvalue weighted by Crippen LogP contribution is -2.32. The molecule has 1 aliphatic heterocycles. The molecule has 0 radical (unpaired) electrons. The van der Waals surface area contributed by atoms with Crippen molar-refractivity contribution in [1.82, 2.24) is 0 Å². The van der Waals surface area contributed by atoms with Crippen molar-refractivity contribution < 1.29 is 26.7 Å². The van der Waals surface area contributed by atoms with E-state index in [0.717, 1.165) is 11.3 Å². The molecule has 0 saturated heterocycles. The SMILES string of the molecule is NS(=O)(=O)c1ccc2c(c1)CCN2CC(=O)Nc1ccccc1OC(F)F. The first-order chi connectivity index (χ1) is 12.7. The Hall–Kier alpha value is -2.72. The second-order valence-corrected chi connectivity index (χ2v) is 7.49. The van der Waals surface area contributed by atoms with Crippen molar-refractivity contribution >= 4 is 27.3 Å². The summed E-state index contributed by atoms with van der Waals surface area (Å²) in [6.07, 6.45) is 0.567. The summed E-state index contributed by atoms with van der Waals surface area (Å²) < 4.78 is 52.2. The van der Waals surface area contributed by atoms with Crippen LogP contribution in [0.3, 0.4) is 0 Å². The van der Waals surface area contributed by atoms with Gasteiger partial charge < -0.3 is 15.0 Å². The molecule has 0 aromatic heterocycles. The molecule has 0 fully saturated rings. The maximum absolute atomic E-state index is 12.5. The van der Waals surface area contributed by atoms with E-state index >= 15 is 0 Å². The standard InChI is InChI=1S/C17H17F2N3O4S/c18-17(19)26-15-4-2-1-3-13(15)21-16(23)10-22-8-7-11-9-12(27(20,24)25)5-6-14(11)22/h1-6,9,17H,7-8,10H2,(H,21,23)(H2,20,24,25). The van der Waals surface area contributed by atoms with Crippen LogP contribution in [0.25, 0.3) is 0 Å². The minimum Gasteiger partial charge on any atom is -0.433 e. The Morgan fingerprint density at radius 3 is 2.70 bits per heavy atom. The highest BCUT2D eigenvalue weighted by molar-refractivity contribution is 7.89. The van der Waals surface area contributed by atoms with Gasteiger partial charge in [-0.15, -0.1) is 0 Å². The summed E-state index contributed by atoms with van der Waals surface area (Å²) in [6, 6.07) is 10.4. The van der Waals surface area contributed by atoms with Crippen LogP contribution in [-0.4, -0.2) is 34.0 Å². The number of hydrogen-bond donors (Lipinski definition) is 2. The molecule has 144 valence electrons. The Morgan fingerprint density at radius 2 is 2.00 bits per heavy atom. The Bertz CT molecular complexity index is 966. The number of hydrogen-bond acceptors (Lipinski definition) is 5. The maximum Gasteiger partial charge on any atom is 0.387 e. The normalized spacial score (nSPS) is 13.6. The minimum atomic E-state index is -3.79. The topological polar surface area (TPSA) is 102 Å². The zero-order chi connectivity index (χ0) is 19.6. The molecule has 0 unspecified atom stereocenters. The monoisotopic (exact) mass is 397 g/mol. The fraction of sp³-hybridized carbons (Fsp3) is 0.235. The molecule has 0 saturated carbocycles. The second kappa shape index (κ2) is 7.49. The summed E-state index contributed by atoms with van der Waals surface area (Å²) in [4.78, 5) is 14.1. The van der Waals surface area contributed by atoms with Crippen molar-refractivity contribution in [1.29, 1.82) is 0 Å². The highest BCUT2D eigenvalue weighted by Crippen LogP contribution is 2.30. The highest BCUT2D eigenvalue weighted by Gasteiger charge is 2.23.